The molecule has 0 bridgehead atoms. The van der Waals surface area contributed by atoms with E-state index < -0.39 is 0 Å². The van der Waals surface area contributed by atoms with Crippen molar-refractivity contribution in [2.75, 3.05) is 6.61 Å². The molecule has 0 aromatic heterocycles. The first-order valence-corrected chi connectivity index (χ1v) is 5.62. The first kappa shape index (κ1) is 10.7. The van der Waals surface area contributed by atoms with Crippen LogP contribution in [0.1, 0.15) is 38.3 Å². The summed E-state index contributed by atoms with van der Waals surface area (Å²) in [6.07, 6.45) is 1.10. The Morgan fingerprint density at radius 1 is 1.07 bits per heavy atom. The Hall–Kier alpha value is -0.820. The molecule has 1 heterocycles. The van der Waals surface area contributed by atoms with Crippen LogP contribution in [-0.2, 0) is 10.2 Å². The molecule has 0 saturated carbocycles. The van der Waals surface area contributed by atoms with E-state index in [1.54, 1.807) is 0 Å². The number of rotatable bonds is 1. The topological polar surface area (TPSA) is 9.23 Å². The monoisotopic (exact) mass is 204 g/mol. The van der Waals surface area contributed by atoms with Gasteiger partial charge in [0.05, 0.1) is 12.2 Å². The first-order valence-electron chi connectivity index (χ1n) is 5.62. The Morgan fingerprint density at radius 2 is 1.67 bits per heavy atom. The zero-order valence-electron chi connectivity index (χ0n) is 10.1. The second kappa shape index (κ2) is 3.34. The fraction of sp³-hybridized carbons (Fsp3) is 0.571. The minimum absolute atomic E-state index is 0.0274. The van der Waals surface area contributed by atoms with Crippen LogP contribution >= 0.6 is 0 Å². The number of benzene rings is 1. The van der Waals surface area contributed by atoms with E-state index in [2.05, 4.69) is 52.0 Å². The predicted octanol–water partition coefficient (Wildman–Crippen LogP) is 3.45. The fourth-order valence-electron chi connectivity index (χ4n) is 2.54. The summed E-state index contributed by atoms with van der Waals surface area (Å²) in [5.74, 6) is 0. The van der Waals surface area contributed by atoms with E-state index in [0.717, 1.165) is 13.0 Å². The Labute approximate surface area is 92.5 Å². The van der Waals surface area contributed by atoms with Gasteiger partial charge in [-0.05, 0) is 32.8 Å². The van der Waals surface area contributed by atoms with Gasteiger partial charge in [-0.15, -0.1) is 0 Å². The van der Waals surface area contributed by atoms with Crippen LogP contribution in [0.2, 0.25) is 0 Å². The van der Waals surface area contributed by atoms with Gasteiger partial charge in [-0.25, -0.2) is 0 Å². The molecule has 1 fully saturated rings. The Balaban J connectivity index is 2.27. The van der Waals surface area contributed by atoms with Crippen molar-refractivity contribution >= 4 is 0 Å². The summed E-state index contributed by atoms with van der Waals surface area (Å²) in [7, 11) is 0. The molecule has 0 radical (unpaired) electrons. The van der Waals surface area contributed by atoms with Crippen molar-refractivity contribution in [3.8, 4) is 0 Å². The van der Waals surface area contributed by atoms with Crippen molar-refractivity contribution in [2.45, 2.75) is 45.1 Å². The van der Waals surface area contributed by atoms with Crippen LogP contribution in [0.25, 0.3) is 0 Å². The van der Waals surface area contributed by atoms with Crippen LogP contribution in [0, 0.1) is 6.92 Å². The standard InChI is InChI=1S/C14H20O/c1-11-5-7-12(8-6-11)14(4)9-13(2,3)15-10-14/h5-8H,9-10H2,1-4H3. The van der Waals surface area contributed by atoms with Gasteiger partial charge in [-0.2, -0.15) is 0 Å². The molecule has 15 heavy (non-hydrogen) atoms. The molecular formula is C14H20O. The molecule has 82 valence electrons. The minimum Gasteiger partial charge on any atom is -0.375 e. The molecule has 1 nitrogen and oxygen atoms in total. The van der Waals surface area contributed by atoms with Crippen molar-refractivity contribution in [2.24, 2.45) is 0 Å². The zero-order chi connectivity index (χ0) is 11.1. The average molecular weight is 204 g/mol. The molecule has 0 spiro atoms. The van der Waals surface area contributed by atoms with E-state index in [4.69, 9.17) is 4.74 Å². The van der Waals surface area contributed by atoms with E-state index in [1.807, 2.05) is 0 Å². The second-order valence-corrected chi connectivity index (χ2v) is 5.65. The molecule has 0 amide bonds. The minimum atomic E-state index is 0.0274. The third kappa shape index (κ3) is 2.07. The highest BCUT2D eigenvalue weighted by Crippen LogP contribution is 2.41. The van der Waals surface area contributed by atoms with Crippen LogP contribution < -0.4 is 0 Å². The molecule has 1 saturated heterocycles. The summed E-state index contributed by atoms with van der Waals surface area (Å²) < 4.78 is 5.84. The van der Waals surface area contributed by atoms with Gasteiger partial charge in [0.1, 0.15) is 0 Å². The van der Waals surface area contributed by atoms with Crippen molar-refractivity contribution in [1.82, 2.24) is 0 Å². The smallest absolute Gasteiger partial charge is 0.0636 e. The van der Waals surface area contributed by atoms with Crippen molar-refractivity contribution < 1.29 is 4.74 Å². The van der Waals surface area contributed by atoms with Crippen LogP contribution in [0.4, 0.5) is 0 Å². The lowest BCUT2D eigenvalue weighted by Gasteiger charge is -2.24. The largest absolute Gasteiger partial charge is 0.375 e. The van der Waals surface area contributed by atoms with Gasteiger partial charge >= 0.3 is 0 Å². The molecule has 0 aliphatic carbocycles. The van der Waals surface area contributed by atoms with E-state index in [9.17, 15) is 0 Å². The van der Waals surface area contributed by atoms with Crippen molar-refractivity contribution in [1.29, 1.82) is 0 Å². The number of aryl methyl sites for hydroxylation is 1. The number of hydrogen-bond acceptors (Lipinski definition) is 1. The molecule has 1 aliphatic rings. The molecule has 1 heteroatoms. The second-order valence-electron chi connectivity index (χ2n) is 5.65. The summed E-state index contributed by atoms with van der Waals surface area (Å²) in [6.45, 7) is 9.61. The van der Waals surface area contributed by atoms with Crippen molar-refractivity contribution in [3.63, 3.8) is 0 Å². The fourth-order valence-corrected chi connectivity index (χ4v) is 2.54. The molecular weight excluding hydrogens is 184 g/mol. The van der Waals surface area contributed by atoms with Crippen LogP contribution in [0.3, 0.4) is 0 Å². The highest BCUT2D eigenvalue weighted by atomic mass is 16.5. The Morgan fingerprint density at radius 3 is 2.13 bits per heavy atom. The molecule has 1 aromatic rings. The van der Waals surface area contributed by atoms with E-state index in [0.29, 0.717) is 0 Å². The Kier molecular flexibility index (Phi) is 2.38. The van der Waals surface area contributed by atoms with E-state index in [-0.39, 0.29) is 11.0 Å². The molecule has 1 aliphatic heterocycles. The van der Waals surface area contributed by atoms with Gasteiger partial charge in [-0.1, -0.05) is 36.8 Å². The quantitative estimate of drug-likeness (QED) is 0.680. The lowest BCUT2D eigenvalue weighted by atomic mass is 9.78. The predicted molar refractivity (Wildman–Crippen MR) is 63.2 cm³/mol. The number of ether oxygens (including phenoxy) is 1. The van der Waals surface area contributed by atoms with Gasteiger partial charge in [0, 0.05) is 5.41 Å². The van der Waals surface area contributed by atoms with Crippen LogP contribution in [0.15, 0.2) is 24.3 Å². The van der Waals surface area contributed by atoms with E-state index >= 15 is 0 Å². The summed E-state index contributed by atoms with van der Waals surface area (Å²) >= 11 is 0. The lowest BCUT2D eigenvalue weighted by Crippen LogP contribution is -2.24. The molecule has 1 aromatic carbocycles. The Bertz CT molecular complexity index is 350. The zero-order valence-corrected chi connectivity index (χ0v) is 10.1. The molecule has 2 rings (SSSR count). The molecule has 1 atom stereocenters. The van der Waals surface area contributed by atoms with E-state index in [1.165, 1.54) is 11.1 Å². The van der Waals surface area contributed by atoms with Gasteiger partial charge in [-0.3, -0.25) is 0 Å². The van der Waals surface area contributed by atoms with Gasteiger partial charge in [0.25, 0.3) is 0 Å². The van der Waals surface area contributed by atoms with Gasteiger partial charge in [0.2, 0.25) is 0 Å². The summed E-state index contributed by atoms with van der Waals surface area (Å²) in [5.41, 5.74) is 2.94. The van der Waals surface area contributed by atoms with Crippen molar-refractivity contribution in [3.05, 3.63) is 35.4 Å². The summed E-state index contributed by atoms with van der Waals surface area (Å²) in [4.78, 5) is 0. The maximum absolute atomic E-state index is 5.84. The first-order chi connectivity index (χ1) is 6.91. The van der Waals surface area contributed by atoms with Crippen LogP contribution in [-0.4, -0.2) is 12.2 Å². The normalized spacial score (nSPS) is 29.3. The third-order valence-electron chi connectivity index (χ3n) is 3.35. The third-order valence-corrected chi connectivity index (χ3v) is 3.35. The highest BCUT2D eigenvalue weighted by molar-refractivity contribution is 5.29. The lowest BCUT2D eigenvalue weighted by molar-refractivity contribution is 0.0344. The highest BCUT2D eigenvalue weighted by Gasteiger charge is 2.41. The molecule has 1 unspecified atom stereocenters. The maximum Gasteiger partial charge on any atom is 0.0636 e. The summed E-state index contributed by atoms with van der Waals surface area (Å²) in [6, 6.07) is 8.85. The molecule has 0 N–H and O–H groups in total. The maximum atomic E-state index is 5.84. The van der Waals surface area contributed by atoms with Gasteiger partial charge < -0.3 is 4.74 Å². The summed E-state index contributed by atoms with van der Waals surface area (Å²) in [5, 5.41) is 0. The van der Waals surface area contributed by atoms with Crippen LogP contribution in [0.5, 0.6) is 0 Å². The van der Waals surface area contributed by atoms with Gasteiger partial charge in [0.15, 0.2) is 0 Å². The SMILES string of the molecule is Cc1ccc(C2(C)COC(C)(C)C2)cc1. The average Bonchev–Trinajstić information content (AvgIpc) is 2.43. The number of hydrogen-bond donors (Lipinski definition) is 0.